The minimum atomic E-state index is -0.524. The second kappa shape index (κ2) is 9.62. The third-order valence-corrected chi connectivity index (χ3v) is 6.11. The van der Waals surface area contributed by atoms with Crippen LogP contribution in [0.15, 0.2) is 58.3 Å². The summed E-state index contributed by atoms with van der Waals surface area (Å²) in [6, 6.07) is 13.3. The first kappa shape index (κ1) is 22.2. The molecule has 0 bridgehead atoms. The van der Waals surface area contributed by atoms with Crippen LogP contribution >= 0.6 is 15.9 Å². The van der Waals surface area contributed by atoms with E-state index >= 15 is 0 Å². The molecule has 9 heteroatoms. The van der Waals surface area contributed by atoms with E-state index in [2.05, 4.69) is 42.4 Å². The maximum Gasteiger partial charge on any atom is 0.356 e. The average molecular weight is 501 g/mol. The number of benzene rings is 2. The molecular weight excluding hydrogens is 476 g/mol. The van der Waals surface area contributed by atoms with E-state index in [-0.39, 0.29) is 11.6 Å². The van der Waals surface area contributed by atoms with E-state index in [0.717, 1.165) is 42.1 Å². The van der Waals surface area contributed by atoms with Crippen molar-refractivity contribution in [1.82, 2.24) is 10.2 Å². The van der Waals surface area contributed by atoms with Gasteiger partial charge in [-0.05, 0) is 30.3 Å². The fraction of sp³-hybridized carbons (Fsp3) is 0.304. The molecule has 2 heterocycles. The molecule has 0 atom stereocenters. The monoisotopic (exact) mass is 500 g/mol. The summed E-state index contributed by atoms with van der Waals surface area (Å²) < 4.78 is 11.3. The van der Waals surface area contributed by atoms with Crippen LogP contribution in [0.4, 0.5) is 11.4 Å². The summed E-state index contributed by atoms with van der Waals surface area (Å²) in [6.07, 6.45) is 0. The number of esters is 1. The molecule has 0 spiro atoms. The van der Waals surface area contributed by atoms with E-state index in [4.69, 9.17) is 9.47 Å². The zero-order valence-electron chi connectivity index (χ0n) is 18.0. The minimum Gasteiger partial charge on any atom is -0.495 e. The molecule has 0 saturated carbocycles. The van der Waals surface area contributed by atoms with Crippen LogP contribution in [-0.4, -0.2) is 63.7 Å². The number of hydrogen-bond acceptors (Lipinski definition) is 7. The molecule has 32 heavy (non-hydrogen) atoms. The van der Waals surface area contributed by atoms with E-state index in [1.54, 1.807) is 19.2 Å². The van der Waals surface area contributed by atoms with Crippen molar-refractivity contribution in [2.24, 2.45) is 0 Å². The number of para-hydroxylation sites is 2. The van der Waals surface area contributed by atoms with Gasteiger partial charge in [-0.2, -0.15) is 0 Å². The molecule has 2 N–H and O–H groups in total. The highest BCUT2D eigenvalue weighted by atomic mass is 79.9. The van der Waals surface area contributed by atoms with Gasteiger partial charge in [0.1, 0.15) is 11.4 Å². The van der Waals surface area contributed by atoms with Crippen molar-refractivity contribution >= 4 is 39.2 Å². The highest BCUT2D eigenvalue weighted by molar-refractivity contribution is 9.10. The molecule has 1 saturated heterocycles. The summed E-state index contributed by atoms with van der Waals surface area (Å²) in [5.41, 5.74) is 2.82. The third kappa shape index (κ3) is 4.58. The van der Waals surface area contributed by atoms with Gasteiger partial charge in [0, 0.05) is 37.2 Å². The van der Waals surface area contributed by atoms with Crippen LogP contribution in [0.5, 0.6) is 5.75 Å². The number of nitrogens with one attached hydrogen (secondary N) is 2. The zero-order valence-corrected chi connectivity index (χ0v) is 19.6. The second-order valence-corrected chi connectivity index (χ2v) is 8.46. The normalized spacial score (nSPS) is 16.6. The Labute approximate surface area is 195 Å². The number of carbonyl (C=O) groups is 2. The van der Waals surface area contributed by atoms with Crippen molar-refractivity contribution in [1.29, 1.82) is 0 Å². The molecule has 0 radical (unpaired) electrons. The number of methoxy groups -OCH3 is 2. The molecule has 0 aliphatic carbocycles. The first-order valence-corrected chi connectivity index (χ1v) is 11.1. The number of rotatable bonds is 5. The lowest BCUT2D eigenvalue weighted by Crippen LogP contribution is -2.48. The summed E-state index contributed by atoms with van der Waals surface area (Å²) >= 11 is 3.40. The van der Waals surface area contributed by atoms with Crippen molar-refractivity contribution < 1.29 is 19.1 Å². The van der Waals surface area contributed by atoms with Crippen molar-refractivity contribution in [2.45, 2.75) is 0 Å². The smallest absolute Gasteiger partial charge is 0.356 e. The lowest BCUT2D eigenvalue weighted by Gasteiger charge is -2.37. The Balaban J connectivity index is 1.52. The van der Waals surface area contributed by atoms with E-state index in [1.807, 2.05) is 24.3 Å². The fourth-order valence-electron chi connectivity index (χ4n) is 3.95. The van der Waals surface area contributed by atoms with Gasteiger partial charge in [0.15, 0.2) is 0 Å². The SMILES string of the molecule is COC(=O)C1=C(CN2CCN(c3ccccc3OC)CC2)NC(=O)c2cc(Br)ccc2N1. The lowest BCUT2D eigenvalue weighted by molar-refractivity contribution is -0.136. The van der Waals surface area contributed by atoms with Crippen LogP contribution in [0, 0.1) is 0 Å². The maximum absolute atomic E-state index is 12.9. The molecule has 4 rings (SSSR count). The number of fused-ring (bicyclic) bond motifs is 1. The Kier molecular flexibility index (Phi) is 6.66. The van der Waals surface area contributed by atoms with Crippen LogP contribution in [-0.2, 0) is 9.53 Å². The van der Waals surface area contributed by atoms with E-state index in [1.165, 1.54) is 7.11 Å². The largest absolute Gasteiger partial charge is 0.495 e. The molecular formula is C23H25BrN4O4. The third-order valence-electron chi connectivity index (χ3n) is 5.62. The van der Waals surface area contributed by atoms with E-state index < -0.39 is 5.97 Å². The number of carbonyl (C=O) groups excluding carboxylic acids is 2. The van der Waals surface area contributed by atoms with Crippen LogP contribution in [0.1, 0.15) is 10.4 Å². The second-order valence-electron chi connectivity index (χ2n) is 7.55. The Bertz CT molecular complexity index is 1060. The fourth-order valence-corrected chi connectivity index (χ4v) is 4.31. The molecule has 1 amide bonds. The Morgan fingerprint density at radius 1 is 1.06 bits per heavy atom. The standard InChI is InChI=1S/C23H25BrN4O4/c1-31-20-6-4-3-5-19(20)28-11-9-27(10-12-28)14-18-21(23(30)32-2)25-17-8-7-15(24)13-16(17)22(29)26-18/h3-8,13,25H,9-12,14H2,1-2H3,(H,26,29). The van der Waals surface area contributed by atoms with Gasteiger partial charge in [-0.3, -0.25) is 9.69 Å². The molecule has 168 valence electrons. The zero-order chi connectivity index (χ0) is 22.7. The van der Waals surface area contributed by atoms with E-state index in [9.17, 15) is 9.59 Å². The highest BCUT2D eigenvalue weighted by Crippen LogP contribution is 2.29. The number of piperazine rings is 1. The molecule has 2 aliphatic rings. The minimum absolute atomic E-state index is 0.245. The summed E-state index contributed by atoms with van der Waals surface area (Å²) in [5, 5.41) is 6.02. The number of hydrogen-bond donors (Lipinski definition) is 2. The topological polar surface area (TPSA) is 83.1 Å². The van der Waals surface area contributed by atoms with Gasteiger partial charge in [0.2, 0.25) is 0 Å². The summed E-state index contributed by atoms with van der Waals surface area (Å²) in [5.74, 6) is 0.0554. The highest BCUT2D eigenvalue weighted by Gasteiger charge is 2.28. The van der Waals surface area contributed by atoms with Crippen LogP contribution in [0.2, 0.25) is 0 Å². The number of nitrogens with zero attached hydrogens (tertiary/aromatic N) is 2. The van der Waals surface area contributed by atoms with Gasteiger partial charge in [-0.15, -0.1) is 0 Å². The van der Waals surface area contributed by atoms with Crippen molar-refractivity contribution in [3.8, 4) is 5.75 Å². The summed E-state index contributed by atoms with van der Waals surface area (Å²) in [4.78, 5) is 29.9. The van der Waals surface area contributed by atoms with Crippen molar-refractivity contribution in [3.05, 3.63) is 63.9 Å². The molecule has 2 aromatic carbocycles. The Morgan fingerprint density at radius 2 is 1.81 bits per heavy atom. The number of amides is 1. The number of anilines is 2. The maximum atomic E-state index is 12.9. The predicted molar refractivity (Wildman–Crippen MR) is 126 cm³/mol. The van der Waals surface area contributed by atoms with Gasteiger partial charge >= 0.3 is 5.97 Å². The van der Waals surface area contributed by atoms with Crippen LogP contribution < -0.4 is 20.3 Å². The number of halogens is 1. The molecule has 8 nitrogen and oxygen atoms in total. The van der Waals surface area contributed by atoms with Gasteiger partial charge < -0.3 is 25.0 Å². The van der Waals surface area contributed by atoms with E-state index in [0.29, 0.717) is 23.5 Å². The van der Waals surface area contributed by atoms with Gasteiger partial charge in [0.05, 0.1) is 36.9 Å². The van der Waals surface area contributed by atoms with Gasteiger partial charge in [-0.25, -0.2) is 4.79 Å². The number of ether oxygens (including phenoxy) is 2. The first-order chi connectivity index (χ1) is 15.5. The first-order valence-electron chi connectivity index (χ1n) is 10.3. The predicted octanol–water partition coefficient (Wildman–Crippen LogP) is 2.82. The summed E-state index contributed by atoms with van der Waals surface area (Å²) in [7, 11) is 3.00. The van der Waals surface area contributed by atoms with Gasteiger partial charge in [-0.1, -0.05) is 28.1 Å². The quantitative estimate of drug-likeness (QED) is 0.610. The van der Waals surface area contributed by atoms with Crippen molar-refractivity contribution in [2.75, 3.05) is 57.2 Å². The average Bonchev–Trinajstić information content (AvgIpc) is 2.95. The Hall–Kier alpha value is -3.04. The van der Waals surface area contributed by atoms with Crippen LogP contribution in [0.25, 0.3) is 0 Å². The van der Waals surface area contributed by atoms with Gasteiger partial charge in [0.25, 0.3) is 5.91 Å². The molecule has 1 fully saturated rings. The van der Waals surface area contributed by atoms with Crippen molar-refractivity contribution in [3.63, 3.8) is 0 Å². The molecule has 2 aromatic rings. The lowest BCUT2D eigenvalue weighted by atomic mass is 10.1. The molecule has 2 aliphatic heterocycles. The molecule has 0 unspecified atom stereocenters. The Morgan fingerprint density at radius 3 is 2.53 bits per heavy atom. The van der Waals surface area contributed by atoms with Crippen LogP contribution in [0.3, 0.4) is 0 Å². The molecule has 0 aromatic heterocycles. The summed E-state index contributed by atoms with van der Waals surface area (Å²) in [6.45, 7) is 3.55.